The van der Waals surface area contributed by atoms with Gasteiger partial charge in [0.1, 0.15) is 11.4 Å². The monoisotopic (exact) mass is 225 g/mol. The first-order valence-corrected chi connectivity index (χ1v) is 5.87. The van der Waals surface area contributed by atoms with Crippen molar-refractivity contribution < 1.29 is 14.3 Å². The Morgan fingerprint density at radius 1 is 1.38 bits per heavy atom. The molecule has 0 N–H and O–H groups in total. The lowest BCUT2D eigenvalue weighted by Gasteiger charge is -2.24. The molecule has 1 saturated heterocycles. The molecule has 2 rings (SSSR count). The lowest BCUT2D eigenvalue weighted by atomic mass is 10.0. The second-order valence-corrected chi connectivity index (χ2v) is 5.76. The van der Waals surface area contributed by atoms with E-state index in [9.17, 15) is 9.59 Å². The van der Waals surface area contributed by atoms with Crippen molar-refractivity contribution in [1.29, 1.82) is 0 Å². The number of likely N-dealkylation sites (tertiary alicyclic amines) is 1. The van der Waals surface area contributed by atoms with Crippen molar-refractivity contribution in [3.05, 3.63) is 0 Å². The third-order valence-electron chi connectivity index (χ3n) is 3.27. The van der Waals surface area contributed by atoms with E-state index in [4.69, 9.17) is 4.74 Å². The number of carbonyl (C=O) groups excluding carboxylic acids is 2. The Hall–Kier alpha value is -1.06. The number of fused-ring (bicyclic) bond motifs is 1. The molecular formula is C12H19NO3. The van der Waals surface area contributed by atoms with Gasteiger partial charge in [-0.05, 0) is 33.1 Å². The molecule has 1 unspecified atom stereocenters. The molecule has 0 bridgehead atoms. The summed E-state index contributed by atoms with van der Waals surface area (Å²) in [5.41, 5.74) is -0.460. The summed E-state index contributed by atoms with van der Waals surface area (Å²) >= 11 is 0. The predicted molar refractivity (Wildman–Crippen MR) is 59.0 cm³/mol. The number of Topliss-reactive ketones (excluding diaryl/α,β-unsaturated/α-hetero) is 1. The second kappa shape index (κ2) is 3.75. The summed E-state index contributed by atoms with van der Waals surface area (Å²) in [7, 11) is 0. The molecule has 1 heterocycles. The zero-order chi connectivity index (χ0) is 11.9. The second-order valence-electron chi connectivity index (χ2n) is 5.76. The SMILES string of the molecule is CC(C)(C)OC(=O)N1CC2CCC(=O)[C@@H]2C1. The van der Waals surface area contributed by atoms with Gasteiger partial charge in [0.25, 0.3) is 0 Å². The smallest absolute Gasteiger partial charge is 0.410 e. The topological polar surface area (TPSA) is 46.6 Å². The minimum Gasteiger partial charge on any atom is -0.444 e. The van der Waals surface area contributed by atoms with Gasteiger partial charge in [-0.15, -0.1) is 0 Å². The quantitative estimate of drug-likeness (QED) is 0.632. The minimum atomic E-state index is -0.460. The summed E-state index contributed by atoms with van der Waals surface area (Å²) in [6, 6.07) is 0. The molecule has 1 aliphatic carbocycles. The maximum atomic E-state index is 11.8. The molecule has 0 aromatic rings. The van der Waals surface area contributed by atoms with E-state index in [2.05, 4.69) is 0 Å². The fourth-order valence-electron chi connectivity index (χ4n) is 2.52. The van der Waals surface area contributed by atoms with Crippen LogP contribution in [-0.2, 0) is 9.53 Å². The minimum absolute atomic E-state index is 0.0764. The number of nitrogens with zero attached hydrogens (tertiary/aromatic N) is 1. The van der Waals surface area contributed by atoms with E-state index in [-0.39, 0.29) is 12.0 Å². The van der Waals surface area contributed by atoms with Crippen LogP contribution in [0.4, 0.5) is 4.79 Å². The largest absolute Gasteiger partial charge is 0.444 e. The molecule has 2 aliphatic rings. The van der Waals surface area contributed by atoms with Gasteiger partial charge < -0.3 is 9.64 Å². The van der Waals surface area contributed by atoms with Gasteiger partial charge in [-0.2, -0.15) is 0 Å². The summed E-state index contributed by atoms with van der Waals surface area (Å²) in [6.07, 6.45) is 1.34. The average molecular weight is 225 g/mol. The molecule has 1 amide bonds. The Morgan fingerprint density at radius 2 is 2.06 bits per heavy atom. The zero-order valence-electron chi connectivity index (χ0n) is 10.2. The Kier molecular flexibility index (Phi) is 2.68. The number of amides is 1. The Morgan fingerprint density at radius 3 is 2.62 bits per heavy atom. The number of rotatable bonds is 0. The fraction of sp³-hybridized carbons (Fsp3) is 0.833. The van der Waals surface area contributed by atoms with Crippen LogP contribution in [0, 0.1) is 11.8 Å². The molecule has 2 atom stereocenters. The molecule has 0 aromatic carbocycles. The summed E-state index contributed by atoms with van der Waals surface area (Å²) in [4.78, 5) is 25.0. The van der Waals surface area contributed by atoms with E-state index in [0.717, 1.165) is 6.42 Å². The van der Waals surface area contributed by atoms with E-state index in [1.807, 2.05) is 20.8 Å². The molecular weight excluding hydrogens is 206 g/mol. The van der Waals surface area contributed by atoms with Gasteiger partial charge in [-0.25, -0.2) is 4.79 Å². The molecule has 0 radical (unpaired) electrons. The highest BCUT2D eigenvalue weighted by molar-refractivity contribution is 5.85. The summed E-state index contributed by atoms with van der Waals surface area (Å²) in [5.74, 6) is 0.767. The number of hydrogen-bond acceptors (Lipinski definition) is 3. The zero-order valence-corrected chi connectivity index (χ0v) is 10.2. The lowest BCUT2D eigenvalue weighted by molar-refractivity contribution is -0.120. The van der Waals surface area contributed by atoms with Gasteiger partial charge in [0.15, 0.2) is 0 Å². The Labute approximate surface area is 95.9 Å². The first-order valence-electron chi connectivity index (χ1n) is 5.87. The maximum Gasteiger partial charge on any atom is 0.410 e. The van der Waals surface area contributed by atoms with Crippen LogP contribution in [-0.4, -0.2) is 35.5 Å². The Bertz CT molecular complexity index is 319. The van der Waals surface area contributed by atoms with Crippen LogP contribution >= 0.6 is 0 Å². The molecule has 2 fully saturated rings. The van der Waals surface area contributed by atoms with Crippen LogP contribution < -0.4 is 0 Å². The Balaban J connectivity index is 1.94. The van der Waals surface area contributed by atoms with Crippen molar-refractivity contribution >= 4 is 11.9 Å². The normalized spacial score (nSPS) is 29.4. The van der Waals surface area contributed by atoms with Gasteiger partial charge in [0.05, 0.1) is 0 Å². The van der Waals surface area contributed by atoms with Crippen LogP contribution in [0.3, 0.4) is 0 Å². The first-order chi connectivity index (χ1) is 7.37. The van der Waals surface area contributed by atoms with Gasteiger partial charge in [0.2, 0.25) is 0 Å². The van der Waals surface area contributed by atoms with Crippen LogP contribution in [0.15, 0.2) is 0 Å². The number of ketones is 1. The van der Waals surface area contributed by atoms with Crippen molar-refractivity contribution in [3.63, 3.8) is 0 Å². The van der Waals surface area contributed by atoms with Gasteiger partial charge in [-0.3, -0.25) is 4.79 Å². The van der Waals surface area contributed by atoms with Gasteiger partial charge in [-0.1, -0.05) is 0 Å². The molecule has 1 saturated carbocycles. The third kappa shape index (κ3) is 2.20. The number of carbonyl (C=O) groups is 2. The summed E-state index contributed by atoms with van der Waals surface area (Å²) < 4.78 is 5.30. The van der Waals surface area contributed by atoms with E-state index in [0.29, 0.717) is 31.2 Å². The van der Waals surface area contributed by atoms with Crippen molar-refractivity contribution in [2.75, 3.05) is 13.1 Å². The van der Waals surface area contributed by atoms with E-state index >= 15 is 0 Å². The van der Waals surface area contributed by atoms with E-state index in [1.165, 1.54) is 0 Å². The number of ether oxygens (including phenoxy) is 1. The van der Waals surface area contributed by atoms with Crippen molar-refractivity contribution in [3.8, 4) is 0 Å². The fourth-order valence-corrected chi connectivity index (χ4v) is 2.52. The van der Waals surface area contributed by atoms with Crippen LogP contribution in [0.25, 0.3) is 0 Å². The highest BCUT2D eigenvalue weighted by Crippen LogP contribution is 2.35. The maximum absolute atomic E-state index is 11.8. The average Bonchev–Trinajstić information content (AvgIpc) is 2.65. The van der Waals surface area contributed by atoms with Crippen molar-refractivity contribution in [1.82, 2.24) is 4.90 Å². The molecule has 4 nitrogen and oxygen atoms in total. The van der Waals surface area contributed by atoms with E-state index < -0.39 is 5.60 Å². The van der Waals surface area contributed by atoms with E-state index in [1.54, 1.807) is 4.90 Å². The molecule has 90 valence electrons. The molecule has 1 aliphatic heterocycles. The standard InChI is InChI=1S/C12H19NO3/c1-12(2,3)16-11(15)13-6-8-4-5-10(14)9(8)7-13/h8-9H,4-7H2,1-3H3/t8?,9-/m1/s1. The molecule has 16 heavy (non-hydrogen) atoms. The van der Waals surface area contributed by atoms with Crippen LogP contribution in [0.5, 0.6) is 0 Å². The molecule has 4 heteroatoms. The van der Waals surface area contributed by atoms with Gasteiger partial charge in [0, 0.05) is 25.4 Å². The predicted octanol–water partition coefficient (Wildman–Crippen LogP) is 1.83. The molecule has 0 spiro atoms. The van der Waals surface area contributed by atoms with Crippen molar-refractivity contribution in [2.24, 2.45) is 11.8 Å². The van der Waals surface area contributed by atoms with Crippen molar-refractivity contribution in [2.45, 2.75) is 39.2 Å². The highest BCUT2D eigenvalue weighted by Gasteiger charge is 2.44. The third-order valence-corrected chi connectivity index (χ3v) is 3.27. The first kappa shape index (κ1) is 11.4. The van der Waals surface area contributed by atoms with Crippen LogP contribution in [0.2, 0.25) is 0 Å². The highest BCUT2D eigenvalue weighted by atomic mass is 16.6. The van der Waals surface area contributed by atoms with Crippen LogP contribution in [0.1, 0.15) is 33.6 Å². The summed E-state index contributed by atoms with van der Waals surface area (Å²) in [6.45, 7) is 6.80. The lowest BCUT2D eigenvalue weighted by Crippen LogP contribution is -2.36. The van der Waals surface area contributed by atoms with Gasteiger partial charge >= 0.3 is 6.09 Å². The summed E-state index contributed by atoms with van der Waals surface area (Å²) in [5, 5.41) is 0. The molecule has 0 aromatic heterocycles. The number of hydrogen-bond donors (Lipinski definition) is 0.